The van der Waals surface area contributed by atoms with E-state index in [2.05, 4.69) is 38.1 Å². The lowest BCUT2D eigenvalue weighted by molar-refractivity contribution is 0.414. The molecular formula is C13H14BrN3O. The molecule has 0 radical (unpaired) electrons. The molecule has 0 aliphatic carbocycles. The van der Waals surface area contributed by atoms with E-state index < -0.39 is 0 Å². The lowest BCUT2D eigenvalue weighted by atomic mass is 10.1. The molecule has 0 saturated carbocycles. The zero-order valence-corrected chi connectivity index (χ0v) is 11.8. The van der Waals surface area contributed by atoms with Gasteiger partial charge in [0.1, 0.15) is 22.5 Å². The lowest BCUT2D eigenvalue weighted by Gasteiger charge is -2.15. The van der Waals surface area contributed by atoms with Crippen LogP contribution >= 0.6 is 15.9 Å². The number of hydrogen-bond donors (Lipinski definition) is 1. The first-order chi connectivity index (χ1) is 8.69. The number of benzene rings is 1. The number of methoxy groups -OCH3 is 1. The van der Waals surface area contributed by atoms with Gasteiger partial charge in [0.05, 0.1) is 7.11 Å². The highest BCUT2D eigenvalue weighted by atomic mass is 79.9. The molecule has 2 rings (SSSR count). The van der Waals surface area contributed by atoms with Crippen LogP contribution in [0.2, 0.25) is 0 Å². The molecule has 1 unspecified atom stereocenters. The molecule has 0 spiro atoms. The molecule has 94 valence electrons. The van der Waals surface area contributed by atoms with Crippen molar-refractivity contribution < 1.29 is 4.74 Å². The van der Waals surface area contributed by atoms with E-state index >= 15 is 0 Å². The van der Waals surface area contributed by atoms with Gasteiger partial charge in [0, 0.05) is 12.1 Å². The maximum Gasteiger partial charge on any atom is 0.130 e. The van der Waals surface area contributed by atoms with E-state index in [1.165, 1.54) is 11.9 Å². The third-order valence-corrected chi connectivity index (χ3v) is 3.05. The van der Waals surface area contributed by atoms with Gasteiger partial charge < -0.3 is 10.1 Å². The molecule has 5 heteroatoms. The van der Waals surface area contributed by atoms with Crippen molar-refractivity contribution in [3.8, 4) is 5.75 Å². The summed E-state index contributed by atoms with van der Waals surface area (Å²) < 4.78 is 5.90. The van der Waals surface area contributed by atoms with E-state index in [9.17, 15) is 0 Å². The topological polar surface area (TPSA) is 47.0 Å². The van der Waals surface area contributed by atoms with Gasteiger partial charge in [0.2, 0.25) is 0 Å². The van der Waals surface area contributed by atoms with Crippen LogP contribution in [0.25, 0.3) is 0 Å². The Morgan fingerprint density at radius 1 is 1.22 bits per heavy atom. The van der Waals surface area contributed by atoms with Gasteiger partial charge in [-0.3, -0.25) is 0 Å². The third kappa shape index (κ3) is 3.20. The minimum absolute atomic E-state index is 0.165. The summed E-state index contributed by atoms with van der Waals surface area (Å²) in [5.41, 5.74) is 1.17. The summed E-state index contributed by atoms with van der Waals surface area (Å²) >= 11 is 3.32. The van der Waals surface area contributed by atoms with Crippen molar-refractivity contribution in [2.45, 2.75) is 13.0 Å². The Morgan fingerprint density at radius 3 is 2.56 bits per heavy atom. The summed E-state index contributed by atoms with van der Waals surface area (Å²) in [4.78, 5) is 8.15. The molecule has 1 aromatic carbocycles. The van der Waals surface area contributed by atoms with Gasteiger partial charge in [-0.15, -0.1) is 0 Å². The van der Waals surface area contributed by atoms with Gasteiger partial charge in [-0.25, -0.2) is 9.97 Å². The van der Waals surface area contributed by atoms with Gasteiger partial charge in [-0.05, 0) is 40.5 Å². The number of rotatable bonds is 4. The zero-order chi connectivity index (χ0) is 13.0. The lowest BCUT2D eigenvalue weighted by Crippen LogP contribution is -2.07. The predicted molar refractivity (Wildman–Crippen MR) is 74.8 cm³/mol. The highest BCUT2D eigenvalue weighted by Crippen LogP contribution is 2.21. The smallest absolute Gasteiger partial charge is 0.130 e. The minimum Gasteiger partial charge on any atom is -0.497 e. The Bertz CT molecular complexity index is 516. The molecule has 18 heavy (non-hydrogen) atoms. The highest BCUT2D eigenvalue weighted by Gasteiger charge is 2.06. The monoisotopic (exact) mass is 307 g/mol. The molecular weight excluding hydrogens is 294 g/mol. The summed E-state index contributed by atoms with van der Waals surface area (Å²) in [6, 6.07) is 9.98. The van der Waals surface area contributed by atoms with Crippen molar-refractivity contribution in [2.24, 2.45) is 0 Å². The van der Waals surface area contributed by atoms with Crippen LogP contribution in [-0.4, -0.2) is 17.1 Å². The quantitative estimate of drug-likeness (QED) is 0.879. The first kappa shape index (κ1) is 12.8. The third-order valence-electron chi connectivity index (χ3n) is 2.61. The summed E-state index contributed by atoms with van der Waals surface area (Å²) in [6.07, 6.45) is 1.52. The molecule has 0 amide bonds. The van der Waals surface area contributed by atoms with Crippen molar-refractivity contribution in [3.05, 3.63) is 46.8 Å². The molecule has 0 fully saturated rings. The first-order valence-corrected chi connectivity index (χ1v) is 6.36. The first-order valence-electron chi connectivity index (χ1n) is 5.57. The van der Waals surface area contributed by atoms with E-state index in [-0.39, 0.29) is 6.04 Å². The van der Waals surface area contributed by atoms with E-state index in [0.29, 0.717) is 0 Å². The van der Waals surface area contributed by atoms with Crippen molar-refractivity contribution in [3.63, 3.8) is 0 Å². The Kier molecular flexibility index (Phi) is 4.15. The second kappa shape index (κ2) is 5.82. The maximum absolute atomic E-state index is 5.14. The Hall–Kier alpha value is -1.62. The average Bonchev–Trinajstić information content (AvgIpc) is 2.39. The molecule has 0 saturated heterocycles. The van der Waals surface area contributed by atoms with Gasteiger partial charge in [0.25, 0.3) is 0 Å². The number of hydrogen-bond acceptors (Lipinski definition) is 4. The average molecular weight is 308 g/mol. The Balaban J connectivity index is 2.09. The molecule has 2 aromatic rings. The van der Waals surface area contributed by atoms with Gasteiger partial charge in [0.15, 0.2) is 0 Å². The number of ether oxygens (including phenoxy) is 1. The molecule has 4 nitrogen and oxygen atoms in total. The molecule has 1 aromatic heterocycles. The normalized spacial score (nSPS) is 11.9. The maximum atomic E-state index is 5.14. The summed E-state index contributed by atoms with van der Waals surface area (Å²) in [5.74, 6) is 1.65. The number of nitrogens with zero attached hydrogens (tertiary/aromatic N) is 2. The molecule has 0 aliphatic heterocycles. The van der Waals surface area contributed by atoms with Crippen LogP contribution in [0.3, 0.4) is 0 Å². The van der Waals surface area contributed by atoms with Crippen LogP contribution in [0.4, 0.5) is 5.82 Å². The molecule has 0 bridgehead atoms. The largest absolute Gasteiger partial charge is 0.497 e. The number of anilines is 1. The van der Waals surface area contributed by atoms with E-state index in [0.717, 1.165) is 16.2 Å². The van der Waals surface area contributed by atoms with Crippen LogP contribution in [0.15, 0.2) is 41.3 Å². The number of aromatic nitrogens is 2. The number of nitrogens with one attached hydrogen (secondary N) is 1. The summed E-state index contributed by atoms with van der Waals surface area (Å²) in [5, 5.41) is 3.31. The van der Waals surface area contributed by atoms with Crippen molar-refractivity contribution >= 4 is 21.7 Å². The fourth-order valence-corrected chi connectivity index (χ4v) is 1.92. The molecule has 1 N–H and O–H groups in total. The number of halogens is 1. The summed E-state index contributed by atoms with van der Waals surface area (Å²) in [6.45, 7) is 2.08. The fourth-order valence-electron chi connectivity index (χ4n) is 1.61. The second-order valence-electron chi connectivity index (χ2n) is 3.87. The van der Waals surface area contributed by atoms with Gasteiger partial charge >= 0.3 is 0 Å². The molecule has 1 atom stereocenters. The summed E-state index contributed by atoms with van der Waals surface area (Å²) in [7, 11) is 1.66. The molecule has 1 heterocycles. The van der Waals surface area contributed by atoms with Crippen molar-refractivity contribution in [2.75, 3.05) is 12.4 Å². The SMILES string of the molecule is COc1ccc(C(C)Nc2cc(Br)ncn2)cc1. The van der Waals surface area contributed by atoms with Crippen LogP contribution < -0.4 is 10.1 Å². The van der Waals surface area contributed by atoms with Gasteiger partial charge in [-0.1, -0.05) is 12.1 Å². The van der Waals surface area contributed by atoms with E-state index in [1.54, 1.807) is 7.11 Å². The van der Waals surface area contributed by atoms with Crippen LogP contribution in [0.1, 0.15) is 18.5 Å². The van der Waals surface area contributed by atoms with Crippen LogP contribution in [0, 0.1) is 0 Å². The van der Waals surface area contributed by atoms with Crippen molar-refractivity contribution in [1.29, 1.82) is 0 Å². The Morgan fingerprint density at radius 2 is 1.94 bits per heavy atom. The fraction of sp³-hybridized carbons (Fsp3) is 0.231. The standard InChI is InChI=1S/C13H14BrN3O/c1-9(10-3-5-11(18-2)6-4-10)17-13-7-12(14)15-8-16-13/h3-9H,1-2H3,(H,15,16,17). The minimum atomic E-state index is 0.165. The Labute approximate surface area is 115 Å². The molecule has 0 aliphatic rings. The predicted octanol–water partition coefficient (Wildman–Crippen LogP) is 3.42. The van der Waals surface area contributed by atoms with E-state index in [4.69, 9.17) is 4.74 Å². The zero-order valence-electron chi connectivity index (χ0n) is 10.2. The second-order valence-corrected chi connectivity index (χ2v) is 4.68. The van der Waals surface area contributed by atoms with Gasteiger partial charge in [-0.2, -0.15) is 0 Å². The van der Waals surface area contributed by atoms with Crippen molar-refractivity contribution in [1.82, 2.24) is 9.97 Å². The van der Waals surface area contributed by atoms with Crippen LogP contribution in [-0.2, 0) is 0 Å². The highest BCUT2D eigenvalue weighted by molar-refractivity contribution is 9.10. The van der Waals surface area contributed by atoms with E-state index in [1.807, 2.05) is 30.3 Å². The van der Waals surface area contributed by atoms with Crippen LogP contribution in [0.5, 0.6) is 5.75 Å².